The van der Waals surface area contributed by atoms with Crippen LogP contribution in [0.2, 0.25) is 0 Å². The SMILES string of the molecule is CC(=O)N[C@H](C(=O)N(C)c1nc2ccccc2s1)C1CCCC1. The number of nitrogens with zero attached hydrogens (tertiary/aromatic N) is 2. The van der Waals surface area contributed by atoms with E-state index in [2.05, 4.69) is 10.3 Å². The van der Waals surface area contributed by atoms with E-state index >= 15 is 0 Å². The largest absolute Gasteiger partial charge is 0.344 e. The van der Waals surface area contributed by atoms with Gasteiger partial charge in [-0.1, -0.05) is 36.3 Å². The van der Waals surface area contributed by atoms with Gasteiger partial charge >= 0.3 is 0 Å². The maximum atomic E-state index is 12.9. The van der Waals surface area contributed by atoms with E-state index in [1.54, 1.807) is 11.9 Å². The van der Waals surface area contributed by atoms with E-state index in [0.717, 1.165) is 35.9 Å². The molecule has 3 rings (SSSR count). The number of carbonyl (C=O) groups is 2. The zero-order valence-electron chi connectivity index (χ0n) is 13.4. The van der Waals surface area contributed by atoms with E-state index in [9.17, 15) is 9.59 Å². The van der Waals surface area contributed by atoms with Gasteiger partial charge in [0.25, 0.3) is 5.91 Å². The standard InChI is InChI=1S/C17H21N3O2S/c1-11(21)18-15(12-7-3-4-8-12)16(22)20(2)17-19-13-9-5-6-10-14(13)23-17/h5-6,9-10,12,15H,3-4,7-8H2,1-2H3,(H,18,21)/t15-/m0/s1. The summed E-state index contributed by atoms with van der Waals surface area (Å²) in [5, 5.41) is 3.52. The van der Waals surface area contributed by atoms with Crippen LogP contribution in [0.25, 0.3) is 10.2 Å². The first-order valence-corrected chi connectivity index (χ1v) is 8.78. The van der Waals surface area contributed by atoms with Crippen LogP contribution >= 0.6 is 11.3 Å². The quantitative estimate of drug-likeness (QED) is 0.937. The maximum Gasteiger partial charge on any atom is 0.251 e. The summed E-state index contributed by atoms with van der Waals surface area (Å²) in [4.78, 5) is 30.6. The molecule has 1 aromatic heterocycles. The Hall–Kier alpha value is -1.95. The van der Waals surface area contributed by atoms with Crippen molar-refractivity contribution < 1.29 is 9.59 Å². The molecule has 0 spiro atoms. The molecule has 0 unspecified atom stereocenters. The number of hydrogen-bond acceptors (Lipinski definition) is 4. The second-order valence-corrected chi connectivity index (χ2v) is 7.09. The monoisotopic (exact) mass is 331 g/mol. The average Bonchev–Trinajstić information content (AvgIpc) is 3.19. The first kappa shape index (κ1) is 15.9. The van der Waals surface area contributed by atoms with Gasteiger partial charge < -0.3 is 5.32 Å². The van der Waals surface area contributed by atoms with Gasteiger partial charge in [0.2, 0.25) is 5.91 Å². The third-order valence-electron chi connectivity index (χ3n) is 4.40. The molecule has 6 heteroatoms. The molecule has 1 aromatic carbocycles. The minimum absolute atomic E-state index is 0.0776. The molecule has 2 amide bonds. The highest BCUT2D eigenvalue weighted by molar-refractivity contribution is 7.22. The summed E-state index contributed by atoms with van der Waals surface area (Å²) in [6, 6.07) is 7.39. The van der Waals surface area contributed by atoms with E-state index in [-0.39, 0.29) is 17.7 Å². The van der Waals surface area contributed by atoms with Gasteiger partial charge in [-0.2, -0.15) is 0 Å². The summed E-state index contributed by atoms with van der Waals surface area (Å²) < 4.78 is 1.05. The molecule has 0 saturated heterocycles. The fraction of sp³-hybridized carbons (Fsp3) is 0.471. The molecule has 1 aliphatic rings. The van der Waals surface area contributed by atoms with Gasteiger partial charge in [-0.3, -0.25) is 14.5 Å². The molecule has 23 heavy (non-hydrogen) atoms. The highest BCUT2D eigenvalue weighted by Crippen LogP contribution is 2.31. The molecule has 122 valence electrons. The van der Waals surface area contributed by atoms with Crippen LogP contribution in [0.1, 0.15) is 32.6 Å². The molecule has 1 atom stereocenters. The number of benzene rings is 1. The molecule has 0 radical (unpaired) electrons. The van der Waals surface area contributed by atoms with Gasteiger partial charge in [0.1, 0.15) is 6.04 Å². The summed E-state index contributed by atoms with van der Waals surface area (Å²) >= 11 is 1.49. The number of para-hydroxylation sites is 1. The summed E-state index contributed by atoms with van der Waals surface area (Å²) in [6.07, 6.45) is 4.23. The number of amides is 2. The molecule has 1 saturated carbocycles. The topological polar surface area (TPSA) is 62.3 Å². The Kier molecular flexibility index (Phi) is 4.61. The summed E-state index contributed by atoms with van der Waals surface area (Å²) in [7, 11) is 1.74. The number of hydrogen-bond donors (Lipinski definition) is 1. The zero-order valence-corrected chi connectivity index (χ0v) is 14.2. The van der Waals surface area contributed by atoms with Crippen LogP contribution < -0.4 is 10.2 Å². The molecule has 0 aliphatic heterocycles. The van der Waals surface area contributed by atoms with Gasteiger partial charge in [0.05, 0.1) is 10.2 Å². The van der Waals surface area contributed by atoms with Crippen LogP contribution in [0.3, 0.4) is 0 Å². The molecule has 1 fully saturated rings. The van der Waals surface area contributed by atoms with E-state index < -0.39 is 6.04 Å². The molecular weight excluding hydrogens is 310 g/mol. The molecular formula is C17H21N3O2S. The van der Waals surface area contributed by atoms with Crippen LogP contribution in [0.15, 0.2) is 24.3 Å². The van der Waals surface area contributed by atoms with Crippen LogP contribution in [0.5, 0.6) is 0 Å². The van der Waals surface area contributed by atoms with Crippen LogP contribution in [0.4, 0.5) is 5.13 Å². The molecule has 1 N–H and O–H groups in total. The van der Waals surface area contributed by atoms with Gasteiger partial charge in [-0.05, 0) is 30.9 Å². The van der Waals surface area contributed by atoms with Crippen molar-refractivity contribution >= 4 is 38.5 Å². The van der Waals surface area contributed by atoms with Crippen molar-refractivity contribution in [3.8, 4) is 0 Å². The third-order valence-corrected chi connectivity index (χ3v) is 5.51. The Morgan fingerprint density at radius 2 is 2.00 bits per heavy atom. The number of nitrogens with one attached hydrogen (secondary N) is 1. The number of anilines is 1. The van der Waals surface area contributed by atoms with E-state index in [4.69, 9.17) is 0 Å². The first-order valence-electron chi connectivity index (χ1n) is 7.96. The average molecular weight is 331 g/mol. The van der Waals surface area contributed by atoms with Gasteiger partial charge in [0.15, 0.2) is 5.13 Å². The van der Waals surface area contributed by atoms with Gasteiger partial charge in [-0.15, -0.1) is 0 Å². The minimum Gasteiger partial charge on any atom is -0.344 e. The normalized spacial score (nSPS) is 16.4. The number of carbonyl (C=O) groups excluding carboxylic acids is 2. The fourth-order valence-corrected chi connectivity index (χ4v) is 4.13. The molecule has 1 aliphatic carbocycles. The maximum absolute atomic E-state index is 12.9. The summed E-state index contributed by atoms with van der Waals surface area (Å²) in [5.74, 6) is -0.0117. The minimum atomic E-state index is -0.452. The lowest BCUT2D eigenvalue weighted by atomic mass is 9.97. The van der Waals surface area contributed by atoms with Crippen molar-refractivity contribution in [2.75, 3.05) is 11.9 Å². The second-order valence-electron chi connectivity index (χ2n) is 6.08. The lowest BCUT2D eigenvalue weighted by Crippen LogP contribution is -2.50. The van der Waals surface area contributed by atoms with Crippen molar-refractivity contribution in [3.05, 3.63) is 24.3 Å². The Labute approximate surface area is 139 Å². The number of likely N-dealkylation sites (N-methyl/N-ethyl adjacent to an activating group) is 1. The Balaban J connectivity index is 1.84. The van der Waals surface area contributed by atoms with Crippen LogP contribution in [-0.4, -0.2) is 29.9 Å². The van der Waals surface area contributed by atoms with Crippen molar-refractivity contribution in [1.29, 1.82) is 0 Å². The number of rotatable bonds is 4. The van der Waals surface area contributed by atoms with Gasteiger partial charge in [0, 0.05) is 14.0 Å². The number of fused-ring (bicyclic) bond motifs is 1. The molecule has 1 heterocycles. The van der Waals surface area contributed by atoms with E-state index in [0.29, 0.717) is 5.13 Å². The Morgan fingerprint density at radius 1 is 1.30 bits per heavy atom. The fourth-order valence-electron chi connectivity index (χ4n) is 3.20. The molecule has 0 bridgehead atoms. The number of aromatic nitrogens is 1. The highest BCUT2D eigenvalue weighted by atomic mass is 32.1. The molecule has 5 nitrogen and oxygen atoms in total. The van der Waals surface area contributed by atoms with Crippen LogP contribution in [-0.2, 0) is 9.59 Å². The van der Waals surface area contributed by atoms with Crippen LogP contribution in [0, 0.1) is 5.92 Å². The van der Waals surface area contributed by atoms with E-state index in [1.807, 2.05) is 24.3 Å². The van der Waals surface area contributed by atoms with Gasteiger partial charge in [-0.25, -0.2) is 4.98 Å². The Bertz CT molecular complexity index is 688. The lowest BCUT2D eigenvalue weighted by Gasteiger charge is -2.26. The summed E-state index contributed by atoms with van der Waals surface area (Å²) in [5.41, 5.74) is 0.893. The van der Waals surface area contributed by atoms with Crippen molar-refractivity contribution in [2.24, 2.45) is 5.92 Å². The predicted molar refractivity (Wildman–Crippen MR) is 92.6 cm³/mol. The summed E-state index contributed by atoms with van der Waals surface area (Å²) in [6.45, 7) is 1.47. The number of thiazole rings is 1. The highest BCUT2D eigenvalue weighted by Gasteiger charge is 2.34. The lowest BCUT2D eigenvalue weighted by molar-refractivity contribution is -0.127. The first-order chi connectivity index (χ1) is 11.1. The van der Waals surface area contributed by atoms with Crippen molar-refractivity contribution in [3.63, 3.8) is 0 Å². The Morgan fingerprint density at radius 3 is 2.65 bits per heavy atom. The third kappa shape index (κ3) is 3.37. The van der Waals surface area contributed by atoms with Crippen molar-refractivity contribution in [1.82, 2.24) is 10.3 Å². The molecule has 2 aromatic rings. The predicted octanol–water partition coefficient (Wildman–Crippen LogP) is 2.95. The second kappa shape index (κ2) is 6.66. The zero-order chi connectivity index (χ0) is 16.4. The van der Waals surface area contributed by atoms with Crippen molar-refractivity contribution in [2.45, 2.75) is 38.6 Å². The van der Waals surface area contributed by atoms with E-state index in [1.165, 1.54) is 18.3 Å². The smallest absolute Gasteiger partial charge is 0.251 e.